The van der Waals surface area contributed by atoms with Crippen molar-refractivity contribution in [2.45, 2.75) is 32.2 Å². The first-order valence-electron chi connectivity index (χ1n) is 6.92. The Balaban J connectivity index is 2.02. The number of carbonyl (C=O) groups is 1. The maximum atomic E-state index is 12.5. The van der Waals surface area contributed by atoms with Crippen molar-refractivity contribution in [1.29, 1.82) is 0 Å². The molecule has 0 aromatic rings. The molecule has 2 unspecified atom stereocenters. The average Bonchev–Trinajstić information content (AvgIpc) is 2.78. The van der Waals surface area contributed by atoms with Crippen molar-refractivity contribution < 1.29 is 4.79 Å². The predicted molar refractivity (Wildman–Crippen MR) is 68.9 cm³/mol. The highest BCUT2D eigenvalue weighted by molar-refractivity contribution is 5.79. The van der Waals surface area contributed by atoms with Crippen molar-refractivity contribution in [2.75, 3.05) is 39.8 Å². The average molecular weight is 239 g/mol. The number of rotatable bonds is 2. The van der Waals surface area contributed by atoms with E-state index in [4.69, 9.17) is 0 Å². The number of hydrogen-bond acceptors (Lipinski definition) is 3. The lowest BCUT2D eigenvalue weighted by Crippen LogP contribution is -2.46. The molecule has 17 heavy (non-hydrogen) atoms. The molecule has 0 aromatic carbocycles. The highest BCUT2D eigenvalue weighted by Gasteiger charge is 2.32. The Bertz CT molecular complexity index is 263. The zero-order valence-corrected chi connectivity index (χ0v) is 11.1. The van der Waals surface area contributed by atoms with Gasteiger partial charge in [0.05, 0.1) is 5.92 Å². The Hall–Kier alpha value is -0.610. The molecule has 0 aromatic heterocycles. The van der Waals surface area contributed by atoms with E-state index in [1.165, 1.54) is 0 Å². The third kappa shape index (κ3) is 2.99. The van der Waals surface area contributed by atoms with Crippen molar-refractivity contribution in [1.82, 2.24) is 15.1 Å². The molecule has 98 valence electrons. The summed E-state index contributed by atoms with van der Waals surface area (Å²) in [6.07, 6.45) is 3.19. The summed E-state index contributed by atoms with van der Waals surface area (Å²) in [7, 11) is 2.16. The summed E-state index contributed by atoms with van der Waals surface area (Å²) in [4.78, 5) is 17.0. The second kappa shape index (κ2) is 5.83. The molecule has 1 N–H and O–H groups in total. The van der Waals surface area contributed by atoms with Gasteiger partial charge in [0.2, 0.25) is 5.91 Å². The van der Waals surface area contributed by atoms with Crippen LogP contribution in [0, 0.1) is 5.92 Å². The van der Waals surface area contributed by atoms with Gasteiger partial charge in [0.1, 0.15) is 0 Å². The van der Waals surface area contributed by atoms with Gasteiger partial charge in [-0.05, 0) is 39.4 Å². The number of hydrogen-bond donors (Lipinski definition) is 1. The summed E-state index contributed by atoms with van der Waals surface area (Å²) in [6.45, 7) is 7.16. The van der Waals surface area contributed by atoms with Gasteiger partial charge < -0.3 is 15.1 Å². The van der Waals surface area contributed by atoms with Crippen LogP contribution in [-0.4, -0.2) is 61.5 Å². The van der Waals surface area contributed by atoms with Gasteiger partial charge in [-0.2, -0.15) is 0 Å². The van der Waals surface area contributed by atoms with Crippen molar-refractivity contribution in [2.24, 2.45) is 5.92 Å². The molecule has 0 bridgehead atoms. The quantitative estimate of drug-likeness (QED) is 0.764. The second-order valence-corrected chi connectivity index (χ2v) is 5.40. The standard InChI is InChI=1S/C13H25N3O/c1-3-12-10-15(2)7-4-8-16(12)13(17)11-5-6-14-9-11/h11-12,14H,3-10H2,1-2H3. The highest BCUT2D eigenvalue weighted by atomic mass is 16.2. The molecule has 0 radical (unpaired) electrons. The van der Waals surface area contributed by atoms with Crippen LogP contribution in [0.4, 0.5) is 0 Å². The monoisotopic (exact) mass is 239 g/mol. The van der Waals surface area contributed by atoms with Crippen molar-refractivity contribution >= 4 is 5.91 Å². The Morgan fingerprint density at radius 1 is 1.41 bits per heavy atom. The number of nitrogens with zero attached hydrogens (tertiary/aromatic N) is 2. The Labute approximate surface area is 104 Å². The predicted octanol–water partition coefficient (Wildman–Crippen LogP) is 0.539. The number of amides is 1. The molecule has 2 saturated heterocycles. The summed E-state index contributed by atoms with van der Waals surface area (Å²) >= 11 is 0. The molecule has 2 fully saturated rings. The fraction of sp³-hybridized carbons (Fsp3) is 0.923. The Morgan fingerprint density at radius 2 is 2.24 bits per heavy atom. The second-order valence-electron chi connectivity index (χ2n) is 5.40. The third-order valence-corrected chi connectivity index (χ3v) is 4.07. The van der Waals surface area contributed by atoms with E-state index in [1.807, 2.05) is 0 Å². The van der Waals surface area contributed by atoms with Gasteiger partial charge in [-0.25, -0.2) is 0 Å². The first-order chi connectivity index (χ1) is 8.22. The molecule has 2 heterocycles. The van der Waals surface area contributed by atoms with Gasteiger partial charge in [-0.3, -0.25) is 4.79 Å². The Morgan fingerprint density at radius 3 is 2.88 bits per heavy atom. The van der Waals surface area contributed by atoms with Gasteiger partial charge in [0.15, 0.2) is 0 Å². The maximum absolute atomic E-state index is 12.5. The molecular weight excluding hydrogens is 214 g/mol. The topological polar surface area (TPSA) is 35.6 Å². The first kappa shape index (κ1) is 12.8. The van der Waals surface area contributed by atoms with Crippen LogP contribution in [0.15, 0.2) is 0 Å². The molecule has 0 saturated carbocycles. The molecule has 1 amide bonds. The molecular formula is C13H25N3O. The zero-order valence-electron chi connectivity index (χ0n) is 11.1. The smallest absolute Gasteiger partial charge is 0.227 e. The van der Waals surface area contributed by atoms with Crippen LogP contribution in [0.2, 0.25) is 0 Å². The molecule has 4 nitrogen and oxygen atoms in total. The van der Waals surface area contributed by atoms with Crippen molar-refractivity contribution in [3.63, 3.8) is 0 Å². The van der Waals surface area contributed by atoms with Crippen LogP contribution in [0.1, 0.15) is 26.2 Å². The lowest BCUT2D eigenvalue weighted by Gasteiger charge is -2.32. The van der Waals surface area contributed by atoms with E-state index >= 15 is 0 Å². The van der Waals surface area contributed by atoms with Crippen molar-refractivity contribution in [3.8, 4) is 0 Å². The first-order valence-corrected chi connectivity index (χ1v) is 6.92. The molecule has 2 aliphatic heterocycles. The minimum Gasteiger partial charge on any atom is -0.338 e. The minimum atomic E-state index is 0.229. The third-order valence-electron chi connectivity index (χ3n) is 4.07. The molecule has 4 heteroatoms. The van der Waals surface area contributed by atoms with E-state index < -0.39 is 0 Å². The van der Waals surface area contributed by atoms with Crippen LogP contribution in [-0.2, 0) is 4.79 Å². The van der Waals surface area contributed by atoms with Crippen molar-refractivity contribution in [3.05, 3.63) is 0 Å². The summed E-state index contributed by atoms with van der Waals surface area (Å²) in [6, 6.07) is 0.413. The van der Waals surface area contributed by atoms with E-state index in [1.54, 1.807) is 0 Å². The Kier molecular flexibility index (Phi) is 4.40. The van der Waals surface area contributed by atoms with Crippen LogP contribution in [0.25, 0.3) is 0 Å². The van der Waals surface area contributed by atoms with Crippen LogP contribution < -0.4 is 5.32 Å². The lowest BCUT2D eigenvalue weighted by atomic mass is 10.0. The molecule has 2 aliphatic rings. The summed E-state index contributed by atoms with van der Waals surface area (Å²) in [5.74, 6) is 0.615. The summed E-state index contributed by atoms with van der Waals surface area (Å²) in [5, 5.41) is 3.29. The number of nitrogens with one attached hydrogen (secondary N) is 1. The van der Waals surface area contributed by atoms with Gasteiger partial charge >= 0.3 is 0 Å². The van der Waals surface area contributed by atoms with Crippen LogP contribution in [0.5, 0.6) is 0 Å². The zero-order chi connectivity index (χ0) is 12.3. The highest BCUT2D eigenvalue weighted by Crippen LogP contribution is 2.18. The normalized spacial score (nSPS) is 31.5. The van der Waals surface area contributed by atoms with Gasteiger partial charge in [0.25, 0.3) is 0 Å². The van der Waals surface area contributed by atoms with Crippen LogP contribution >= 0.6 is 0 Å². The molecule has 2 atom stereocenters. The van der Waals surface area contributed by atoms with Gasteiger partial charge in [-0.15, -0.1) is 0 Å². The molecule has 2 rings (SSSR count). The largest absolute Gasteiger partial charge is 0.338 e. The molecule has 0 spiro atoms. The van der Waals surface area contributed by atoms with E-state index in [2.05, 4.69) is 29.1 Å². The van der Waals surface area contributed by atoms with Gasteiger partial charge in [-0.1, -0.05) is 6.92 Å². The van der Waals surface area contributed by atoms with E-state index in [-0.39, 0.29) is 5.92 Å². The molecule has 0 aliphatic carbocycles. The lowest BCUT2D eigenvalue weighted by molar-refractivity contribution is -0.137. The van der Waals surface area contributed by atoms with E-state index in [0.717, 1.165) is 52.0 Å². The van der Waals surface area contributed by atoms with Crippen LogP contribution in [0.3, 0.4) is 0 Å². The number of carbonyl (C=O) groups excluding carboxylic acids is 1. The minimum absolute atomic E-state index is 0.229. The fourth-order valence-corrected chi connectivity index (χ4v) is 2.98. The van der Waals surface area contributed by atoms with E-state index in [9.17, 15) is 4.79 Å². The summed E-state index contributed by atoms with van der Waals surface area (Å²) < 4.78 is 0. The number of likely N-dealkylation sites (N-methyl/N-ethyl adjacent to an activating group) is 1. The van der Waals surface area contributed by atoms with Gasteiger partial charge in [0, 0.05) is 25.7 Å². The fourth-order valence-electron chi connectivity index (χ4n) is 2.98. The van der Waals surface area contributed by atoms with E-state index in [0.29, 0.717) is 11.9 Å². The SMILES string of the molecule is CCC1CN(C)CCCN1C(=O)C1CCNC1. The summed E-state index contributed by atoms with van der Waals surface area (Å²) in [5.41, 5.74) is 0. The maximum Gasteiger partial charge on any atom is 0.227 e.